The van der Waals surface area contributed by atoms with Crippen LogP contribution >= 0.6 is 0 Å². The van der Waals surface area contributed by atoms with Crippen molar-refractivity contribution in [3.63, 3.8) is 0 Å². The number of carbonyl (C=O) groups excluding carboxylic acids is 1. The van der Waals surface area contributed by atoms with Gasteiger partial charge >= 0.3 is 0 Å². The fourth-order valence-corrected chi connectivity index (χ4v) is 1.07. The molecule has 1 aromatic heterocycles. The van der Waals surface area contributed by atoms with E-state index in [0.29, 0.717) is 19.6 Å². The lowest BCUT2D eigenvalue weighted by molar-refractivity contribution is -0.122. The van der Waals surface area contributed by atoms with E-state index < -0.39 is 6.04 Å². The van der Waals surface area contributed by atoms with Gasteiger partial charge in [-0.2, -0.15) is 5.10 Å². The lowest BCUT2D eigenvalue weighted by atomic mass is 10.2. The molecule has 0 spiro atoms. The van der Waals surface area contributed by atoms with E-state index in [9.17, 15) is 4.79 Å². The second-order valence-corrected chi connectivity index (χ2v) is 3.21. The highest BCUT2D eigenvalue weighted by Crippen LogP contribution is 1.94. The summed E-state index contributed by atoms with van der Waals surface area (Å²) in [4.78, 5) is 11.4. The highest BCUT2D eigenvalue weighted by atomic mass is 16.5. The molecule has 15 heavy (non-hydrogen) atoms. The molecule has 6 heteroatoms. The van der Waals surface area contributed by atoms with Crippen LogP contribution in [0.15, 0.2) is 12.4 Å². The Bertz CT molecular complexity index is 286. The summed E-state index contributed by atoms with van der Waals surface area (Å²) in [6.07, 6.45) is 3.90. The number of aromatic nitrogens is 2. The van der Waals surface area contributed by atoms with Crippen molar-refractivity contribution in [2.75, 3.05) is 13.7 Å². The highest BCUT2D eigenvalue weighted by molar-refractivity contribution is 5.81. The number of amides is 1. The van der Waals surface area contributed by atoms with Gasteiger partial charge in [0.05, 0.1) is 12.2 Å². The molecule has 84 valence electrons. The average molecular weight is 212 g/mol. The zero-order chi connectivity index (χ0) is 11.1. The maximum absolute atomic E-state index is 11.4. The van der Waals surface area contributed by atoms with Crippen molar-refractivity contribution in [1.82, 2.24) is 15.5 Å². The van der Waals surface area contributed by atoms with E-state index in [1.165, 1.54) is 0 Å². The van der Waals surface area contributed by atoms with Crippen molar-refractivity contribution in [2.24, 2.45) is 5.73 Å². The van der Waals surface area contributed by atoms with Crippen molar-refractivity contribution in [2.45, 2.75) is 19.0 Å². The lowest BCUT2D eigenvalue weighted by Gasteiger charge is -2.10. The molecule has 1 heterocycles. The van der Waals surface area contributed by atoms with Crippen LogP contribution in [0, 0.1) is 0 Å². The molecule has 1 aromatic rings. The topological polar surface area (TPSA) is 93.0 Å². The molecule has 0 aromatic carbocycles. The molecule has 0 aliphatic carbocycles. The summed E-state index contributed by atoms with van der Waals surface area (Å²) in [5.74, 6) is -0.173. The van der Waals surface area contributed by atoms with Crippen LogP contribution in [0.1, 0.15) is 12.0 Å². The number of methoxy groups -OCH3 is 1. The van der Waals surface area contributed by atoms with Crippen LogP contribution in [0.2, 0.25) is 0 Å². The SMILES string of the molecule is COCCC(N)C(=O)NCc1cn[nH]c1. The smallest absolute Gasteiger partial charge is 0.237 e. The van der Waals surface area contributed by atoms with Gasteiger partial charge in [0.2, 0.25) is 5.91 Å². The Hall–Kier alpha value is -1.40. The number of carbonyl (C=O) groups is 1. The van der Waals surface area contributed by atoms with E-state index in [-0.39, 0.29) is 5.91 Å². The van der Waals surface area contributed by atoms with Crippen LogP contribution in [0.5, 0.6) is 0 Å². The Kier molecular flexibility index (Phi) is 4.79. The van der Waals surface area contributed by atoms with E-state index in [4.69, 9.17) is 10.5 Å². The van der Waals surface area contributed by atoms with E-state index in [2.05, 4.69) is 15.5 Å². The Morgan fingerprint density at radius 3 is 3.20 bits per heavy atom. The fraction of sp³-hybridized carbons (Fsp3) is 0.556. The van der Waals surface area contributed by atoms with E-state index in [1.54, 1.807) is 19.5 Å². The summed E-state index contributed by atoms with van der Waals surface area (Å²) in [5.41, 5.74) is 6.55. The van der Waals surface area contributed by atoms with Gasteiger partial charge < -0.3 is 15.8 Å². The van der Waals surface area contributed by atoms with Crippen LogP contribution in [0.25, 0.3) is 0 Å². The number of aromatic amines is 1. The summed E-state index contributed by atoms with van der Waals surface area (Å²) in [6.45, 7) is 0.927. The van der Waals surface area contributed by atoms with Crippen LogP contribution in [0.4, 0.5) is 0 Å². The predicted octanol–water partition coefficient (Wildman–Crippen LogP) is -0.610. The molecule has 1 rings (SSSR count). The zero-order valence-corrected chi connectivity index (χ0v) is 8.69. The number of nitrogens with one attached hydrogen (secondary N) is 2. The summed E-state index contributed by atoms with van der Waals surface area (Å²) in [7, 11) is 1.58. The molecule has 1 unspecified atom stereocenters. The minimum atomic E-state index is -0.517. The molecule has 4 N–H and O–H groups in total. The van der Waals surface area contributed by atoms with Crippen molar-refractivity contribution >= 4 is 5.91 Å². The Labute approximate surface area is 88.2 Å². The van der Waals surface area contributed by atoms with Gasteiger partial charge in [0, 0.05) is 32.0 Å². The Morgan fingerprint density at radius 2 is 2.60 bits per heavy atom. The van der Waals surface area contributed by atoms with Crippen LogP contribution in [0.3, 0.4) is 0 Å². The van der Waals surface area contributed by atoms with Gasteiger partial charge in [-0.3, -0.25) is 9.89 Å². The van der Waals surface area contributed by atoms with Gasteiger partial charge in [-0.25, -0.2) is 0 Å². The molecule has 0 radical (unpaired) electrons. The number of ether oxygens (including phenoxy) is 1. The van der Waals surface area contributed by atoms with Gasteiger partial charge in [-0.05, 0) is 6.42 Å². The number of hydrogen-bond acceptors (Lipinski definition) is 4. The van der Waals surface area contributed by atoms with E-state index in [0.717, 1.165) is 5.56 Å². The first-order valence-electron chi connectivity index (χ1n) is 4.74. The maximum atomic E-state index is 11.4. The molecule has 6 nitrogen and oxygen atoms in total. The molecule has 0 aliphatic rings. The number of nitrogens with zero attached hydrogens (tertiary/aromatic N) is 1. The normalized spacial score (nSPS) is 12.4. The van der Waals surface area contributed by atoms with E-state index in [1.807, 2.05) is 0 Å². The number of nitrogens with two attached hydrogens (primary N) is 1. The summed E-state index contributed by atoms with van der Waals surface area (Å²) in [6, 6.07) is -0.517. The monoisotopic (exact) mass is 212 g/mol. The van der Waals surface area contributed by atoms with Crippen molar-refractivity contribution < 1.29 is 9.53 Å². The third-order valence-electron chi connectivity index (χ3n) is 1.99. The highest BCUT2D eigenvalue weighted by Gasteiger charge is 2.12. The third kappa shape index (κ3) is 4.09. The quantitative estimate of drug-likeness (QED) is 0.586. The first-order valence-corrected chi connectivity index (χ1v) is 4.74. The first-order chi connectivity index (χ1) is 7.24. The minimum Gasteiger partial charge on any atom is -0.385 e. The molecule has 1 atom stereocenters. The Morgan fingerprint density at radius 1 is 1.80 bits per heavy atom. The lowest BCUT2D eigenvalue weighted by Crippen LogP contribution is -2.40. The van der Waals surface area contributed by atoms with Crippen molar-refractivity contribution in [3.8, 4) is 0 Å². The Balaban J connectivity index is 2.23. The number of H-pyrrole nitrogens is 1. The molecule has 0 bridgehead atoms. The first kappa shape index (κ1) is 11.7. The van der Waals surface area contributed by atoms with Crippen molar-refractivity contribution in [3.05, 3.63) is 18.0 Å². The summed E-state index contributed by atoms with van der Waals surface area (Å²) in [5, 5.41) is 9.15. The molecular weight excluding hydrogens is 196 g/mol. The molecule has 0 saturated carbocycles. The molecule has 1 amide bonds. The summed E-state index contributed by atoms with van der Waals surface area (Å²) >= 11 is 0. The second-order valence-electron chi connectivity index (χ2n) is 3.21. The van der Waals surface area contributed by atoms with Gasteiger partial charge in [-0.15, -0.1) is 0 Å². The predicted molar refractivity (Wildman–Crippen MR) is 54.9 cm³/mol. The van der Waals surface area contributed by atoms with Gasteiger partial charge in [-0.1, -0.05) is 0 Å². The average Bonchev–Trinajstić information content (AvgIpc) is 2.75. The largest absolute Gasteiger partial charge is 0.385 e. The zero-order valence-electron chi connectivity index (χ0n) is 8.69. The number of hydrogen-bond donors (Lipinski definition) is 3. The molecule has 0 aliphatic heterocycles. The van der Waals surface area contributed by atoms with Gasteiger partial charge in [0.15, 0.2) is 0 Å². The minimum absolute atomic E-state index is 0.173. The van der Waals surface area contributed by atoms with Crippen LogP contribution < -0.4 is 11.1 Å². The van der Waals surface area contributed by atoms with Crippen molar-refractivity contribution in [1.29, 1.82) is 0 Å². The molecule has 0 fully saturated rings. The van der Waals surface area contributed by atoms with E-state index >= 15 is 0 Å². The van der Waals surface area contributed by atoms with Crippen LogP contribution in [-0.4, -0.2) is 35.9 Å². The van der Waals surface area contributed by atoms with Crippen LogP contribution in [-0.2, 0) is 16.1 Å². The van der Waals surface area contributed by atoms with Gasteiger partial charge in [0.25, 0.3) is 0 Å². The number of rotatable bonds is 6. The molecule has 0 saturated heterocycles. The fourth-order valence-electron chi connectivity index (χ4n) is 1.07. The van der Waals surface area contributed by atoms with Gasteiger partial charge in [0.1, 0.15) is 0 Å². The molecular formula is C9H16N4O2. The maximum Gasteiger partial charge on any atom is 0.237 e. The summed E-state index contributed by atoms with van der Waals surface area (Å²) < 4.78 is 4.84. The third-order valence-corrected chi connectivity index (χ3v) is 1.99. The standard InChI is InChI=1S/C9H16N4O2/c1-15-3-2-8(10)9(14)11-4-7-5-12-13-6-7/h5-6,8H,2-4,10H2,1H3,(H,11,14)(H,12,13). The second kappa shape index (κ2) is 6.15.